The zero-order valence-electron chi connectivity index (χ0n) is 12.3. The van der Waals surface area contributed by atoms with Crippen LogP contribution in [-0.2, 0) is 0 Å². The highest BCUT2D eigenvalue weighted by Gasteiger charge is 2.08. The molecule has 0 heterocycles. The molecule has 3 aromatic rings. The average molecular weight is 368 g/mol. The van der Waals surface area contributed by atoms with Crippen molar-refractivity contribution in [1.29, 1.82) is 0 Å². The van der Waals surface area contributed by atoms with Crippen LogP contribution in [0.1, 0.15) is 20.7 Å². The lowest BCUT2D eigenvalue weighted by molar-refractivity contribution is 0.101. The van der Waals surface area contributed by atoms with E-state index in [4.69, 9.17) is 0 Å². The lowest BCUT2D eigenvalue weighted by Gasteiger charge is -2.07. The molecular formula is C19H14BrNO2. The number of carbonyl (C=O) groups excluding carboxylic acids is 2. The number of halogens is 1. The third kappa shape index (κ3) is 3.48. The number of benzene rings is 3. The third-order valence-corrected chi connectivity index (χ3v) is 4.11. The predicted molar refractivity (Wildman–Crippen MR) is 96.5 cm³/mol. The number of rotatable bonds is 4. The van der Waals surface area contributed by atoms with E-state index in [0.717, 1.165) is 10.8 Å². The molecule has 0 unspecified atom stereocenters. The fourth-order valence-electron chi connectivity index (χ4n) is 2.35. The summed E-state index contributed by atoms with van der Waals surface area (Å²) in [6.07, 6.45) is 0. The Labute approximate surface area is 142 Å². The number of hydrogen-bond donors (Lipinski definition) is 1. The van der Waals surface area contributed by atoms with E-state index in [1.165, 1.54) is 0 Å². The van der Waals surface area contributed by atoms with Crippen LogP contribution in [0, 0.1) is 0 Å². The van der Waals surface area contributed by atoms with Crippen molar-refractivity contribution < 1.29 is 9.59 Å². The van der Waals surface area contributed by atoms with E-state index in [0.29, 0.717) is 16.8 Å². The van der Waals surface area contributed by atoms with E-state index in [1.54, 1.807) is 30.3 Å². The Bertz CT molecular complexity index is 872. The van der Waals surface area contributed by atoms with Crippen molar-refractivity contribution >= 4 is 44.1 Å². The highest BCUT2D eigenvalue weighted by molar-refractivity contribution is 9.09. The zero-order valence-corrected chi connectivity index (χ0v) is 13.8. The van der Waals surface area contributed by atoms with Gasteiger partial charge in [-0.1, -0.05) is 46.3 Å². The smallest absolute Gasteiger partial charge is 0.255 e. The first-order chi connectivity index (χ1) is 11.2. The van der Waals surface area contributed by atoms with Gasteiger partial charge in [-0.3, -0.25) is 9.59 Å². The number of hydrogen-bond acceptors (Lipinski definition) is 2. The molecule has 0 aliphatic rings. The van der Waals surface area contributed by atoms with Crippen molar-refractivity contribution in [3.8, 4) is 0 Å². The van der Waals surface area contributed by atoms with Crippen LogP contribution < -0.4 is 5.32 Å². The Balaban J connectivity index is 1.78. The number of alkyl halides is 1. The van der Waals surface area contributed by atoms with Gasteiger partial charge >= 0.3 is 0 Å². The summed E-state index contributed by atoms with van der Waals surface area (Å²) in [6.45, 7) is 0. The van der Waals surface area contributed by atoms with Crippen molar-refractivity contribution in [3.05, 3.63) is 77.9 Å². The molecule has 0 saturated carbocycles. The van der Waals surface area contributed by atoms with Gasteiger partial charge in [-0.2, -0.15) is 0 Å². The summed E-state index contributed by atoms with van der Waals surface area (Å²) in [6, 6.07) is 20.4. The molecule has 3 aromatic carbocycles. The average Bonchev–Trinajstić information content (AvgIpc) is 2.61. The predicted octanol–water partition coefficient (Wildman–Crippen LogP) is 4.67. The molecule has 4 heteroatoms. The molecule has 1 N–H and O–H groups in total. The number of nitrogens with one attached hydrogen (secondary N) is 1. The number of anilines is 1. The lowest BCUT2D eigenvalue weighted by atomic mass is 10.1. The van der Waals surface area contributed by atoms with Gasteiger partial charge in [0.2, 0.25) is 0 Å². The normalized spacial score (nSPS) is 10.5. The molecule has 0 radical (unpaired) electrons. The summed E-state index contributed by atoms with van der Waals surface area (Å²) in [5.74, 6) is -0.160. The number of fused-ring (bicyclic) bond motifs is 1. The highest BCUT2D eigenvalue weighted by atomic mass is 79.9. The van der Waals surface area contributed by atoms with Crippen LogP contribution in [0.5, 0.6) is 0 Å². The summed E-state index contributed by atoms with van der Waals surface area (Å²) in [5.41, 5.74) is 1.88. The van der Waals surface area contributed by atoms with Crippen LogP contribution in [0.15, 0.2) is 66.7 Å². The van der Waals surface area contributed by atoms with Crippen molar-refractivity contribution in [2.45, 2.75) is 0 Å². The first kappa shape index (κ1) is 15.4. The quantitative estimate of drug-likeness (QED) is 0.537. The molecule has 1 amide bonds. The summed E-state index contributed by atoms with van der Waals surface area (Å²) in [4.78, 5) is 23.9. The SMILES string of the molecule is O=C(CBr)c1ccc(NC(=O)c2ccc3ccccc3c2)cc1. The molecule has 3 nitrogen and oxygen atoms in total. The maximum atomic E-state index is 12.3. The van der Waals surface area contributed by atoms with Crippen molar-refractivity contribution in [3.63, 3.8) is 0 Å². The van der Waals surface area contributed by atoms with Crippen molar-refractivity contribution in [2.75, 3.05) is 10.6 Å². The van der Waals surface area contributed by atoms with Gasteiger partial charge in [-0.25, -0.2) is 0 Å². The second-order valence-corrected chi connectivity index (χ2v) is 5.71. The van der Waals surface area contributed by atoms with Crippen LogP contribution >= 0.6 is 15.9 Å². The van der Waals surface area contributed by atoms with Crippen molar-refractivity contribution in [1.82, 2.24) is 0 Å². The lowest BCUT2D eigenvalue weighted by Crippen LogP contribution is -2.12. The number of ketones is 1. The Hall–Kier alpha value is -2.46. The fourth-order valence-corrected chi connectivity index (χ4v) is 2.67. The molecule has 0 aromatic heterocycles. The Morgan fingerprint density at radius 2 is 1.48 bits per heavy atom. The van der Waals surface area contributed by atoms with Gasteiger partial charge in [0.15, 0.2) is 5.78 Å². The van der Waals surface area contributed by atoms with Crippen LogP contribution in [0.3, 0.4) is 0 Å². The van der Waals surface area contributed by atoms with Gasteiger partial charge < -0.3 is 5.32 Å². The molecule has 0 atom stereocenters. The third-order valence-electron chi connectivity index (χ3n) is 3.60. The number of carbonyl (C=O) groups is 2. The second-order valence-electron chi connectivity index (χ2n) is 5.15. The van der Waals surface area contributed by atoms with E-state index >= 15 is 0 Å². The Morgan fingerprint density at radius 1 is 0.826 bits per heavy atom. The first-order valence-corrected chi connectivity index (χ1v) is 8.29. The van der Waals surface area contributed by atoms with Gasteiger partial charge in [-0.15, -0.1) is 0 Å². The van der Waals surface area contributed by atoms with E-state index < -0.39 is 0 Å². The Kier molecular flexibility index (Phi) is 4.53. The molecule has 3 rings (SSSR count). The first-order valence-electron chi connectivity index (χ1n) is 7.17. The van der Waals surface area contributed by atoms with E-state index in [-0.39, 0.29) is 17.0 Å². The molecule has 23 heavy (non-hydrogen) atoms. The van der Waals surface area contributed by atoms with Crippen LogP contribution in [0.2, 0.25) is 0 Å². The minimum absolute atomic E-state index is 0.0115. The molecule has 0 bridgehead atoms. The largest absolute Gasteiger partial charge is 0.322 e. The molecule has 114 valence electrons. The summed E-state index contributed by atoms with van der Waals surface area (Å²) >= 11 is 3.14. The summed E-state index contributed by atoms with van der Waals surface area (Å²) in [5, 5.41) is 5.26. The number of amides is 1. The monoisotopic (exact) mass is 367 g/mol. The molecule has 0 saturated heterocycles. The molecule has 0 fully saturated rings. The van der Waals surface area contributed by atoms with Crippen LogP contribution in [0.25, 0.3) is 10.8 Å². The van der Waals surface area contributed by atoms with E-state index in [2.05, 4.69) is 21.2 Å². The van der Waals surface area contributed by atoms with Gasteiger partial charge in [0.1, 0.15) is 0 Å². The van der Waals surface area contributed by atoms with E-state index in [1.807, 2.05) is 36.4 Å². The summed E-state index contributed by atoms with van der Waals surface area (Å²) < 4.78 is 0. The standard InChI is InChI=1S/C19H14BrNO2/c20-12-18(22)14-7-9-17(10-8-14)21-19(23)16-6-5-13-3-1-2-4-15(13)11-16/h1-11H,12H2,(H,21,23). The highest BCUT2D eigenvalue weighted by Crippen LogP contribution is 2.17. The number of Topliss-reactive ketones (excluding diaryl/α,β-unsaturated/α-hetero) is 1. The molecule has 0 spiro atoms. The minimum Gasteiger partial charge on any atom is -0.322 e. The summed E-state index contributed by atoms with van der Waals surface area (Å²) in [7, 11) is 0. The molecular weight excluding hydrogens is 354 g/mol. The second kappa shape index (κ2) is 6.75. The topological polar surface area (TPSA) is 46.2 Å². The van der Waals surface area contributed by atoms with Crippen LogP contribution in [0.4, 0.5) is 5.69 Å². The minimum atomic E-state index is -0.171. The van der Waals surface area contributed by atoms with Gasteiger partial charge in [-0.05, 0) is 47.2 Å². The Morgan fingerprint density at radius 3 is 2.17 bits per heavy atom. The fraction of sp³-hybridized carbons (Fsp3) is 0.0526. The van der Waals surface area contributed by atoms with Gasteiger partial charge in [0, 0.05) is 16.8 Å². The van der Waals surface area contributed by atoms with E-state index in [9.17, 15) is 9.59 Å². The van der Waals surface area contributed by atoms with Gasteiger partial charge in [0.05, 0.1) is 5.33 Å². The zero-order chi connectivity index (χ0) is 16.2. The van der Waals surface area contributed by atoms with Crippen LogP contribution in [-0.4, -0.2) is 17.0 Å². The maximum absolute atomic E-state index is 12.3. The molecule has 0 aliphatic heterocycles. The maximum Gasteiger partial charge on any atom is 0.255 e. The molecule has 0 aliphatic carbocycles. The van der Waals surface area contributed by atoms with Crippen molar-refractivity contribution in [2.24, 2.45) is 0 Å². The van der Waals surface area contributed by atoms with Gasteiger partial charge in [0.25, 0.3) is 5.91 Å².